The summed E-state index contributed by atoms with van der Waals surface area (Å²) in [4.78, 5) is 25.2. The van der Waals surface area contributed by atoms with Crippen LogP contribution in [0.3, 0.4) is 0 Å². The number of aromatic nitrogens is 1. The molecule has 1 unspecified atom stereocenters. The van der Waals surface area contributed by atoms with Crippen molar-refractivity contribution in [3.63, 3.8) is 0 Å². The van der Waals surface area contributed by atoms with Crippen LogP contribution in [0.25, 0.3) is 10.9 Å². The molecule has 0 saturated heterocycles. The number of fused-ring (bicyclic) bond motifs is 1. The number of methoxy groups -OCH3 is 2. The summed E-state index contributed by atoms with van der Waals surface area (Å²) >= 11 is 0. The Balaban J connectivity index is 2.51. The van der Waals surface area contributed by atoms with Crippen LogP contribution in [0.2, 0.25) is 0 Å². The van der Waals surface area contributed by atoms with E-state index in [-0.39, 0.29) is 12.2 Å². The number of halogens is 1. The van der Waals surface area contributed by atoms with Crippen LogP contribution in [0, 0.1) is 15.9 Å². The molecule has 0 amide bonds. The molecule has 118 valence electrons. The summed E-state index contributed by atoms with van der Waals surface area (Å²) in [5, 5.41) is 11.8. The molecule has 7 nitrogen and oxygen atoms in total. The smallest absolute Gasteiger partial charge is 0.384 e. The van der Waals surface area contributed by atoms with Gasteiger partial charge < -0.3 is 14.5 Å². The fraction of sp³-hybridized carbons (Fsp3) is 0.357. The monoisotopic (exact) mass is 310 g/mol. The molecule has 1 heterocycles. The van der Waals surface area contributed by atoms with Crippen molar-refractivity contribution >= 4 is 16.9 Å². The zero-order valence-corrected chi connectivity index (χ0v) is 12.3. The van der Waals surface area contributed by atoms with Gasteiger partial charge in [-0.3, -0.25) is 10.1 Å². The molecular weight excluding hydrogens is 295 g/mol. The third kappa shape index (κ3) is 2.47. The molecule has 0 aliphatic heterocycles. The quantitative estimate of drug-likeness (QED) is 0.518. The van der Waals surface area contributed by atoms with Crippen molar-refractivity contribution in [1.29, 1.82) is 0 Å². The number of nitrogens with zero attached hydrogens (tertiary/aromatic N) is 1. The Bertz CT molecular complexity index is 742. The first-order chi connectivity index (χ1) is 10.3. The Labute approximate surface area is 125 Å². The van der Waals surface area contributed by atoms with Crippen LogP contribution < -0.4 is 4.74 Å². The Hall–Kier alpha value is -2.64. The lowest BCUT2D eigenvalue weighted by Crippen LogP contribution is -2.46. The summed E-state index contributed by atoms with van der Waals surface area (Å²) in [6.07, 6.45) is 1.32. The maximum absolute atomic E-state index is 13.7. The highest BCUT2D eigenvalue weighted by Gasteiger charge is 2.47. The van der Waals surface area contributed by atoms with Crippen LogP contribution in [-0.2, 0) is 16.0 Å². The van der Waals surface area contributed by atoms with Crippen molar-refractivity contribution < 1.29 is 23.6 Å². The summed E-state index contributed by atoms with van der Waals surface area (Å²) < 4.78 is 23.1. The van der Waals surface area contributed by atoms with Gasteiger partial charge in [0.1, 0.15) is 0 Å². The van der Waals surface area contributed by atoms with E-state index in [1.165, 1.54) is 32.4 Å². The normalized spacial score (nSPS) is 13.6. The van der Waals surface area contributed by atoms with Crippen molar-refractivity contribution in [3.8, 4) is 5.75 Å². The van der Waals surface area contributed by atoms with Crippen molar-refractivity contribution in [2.75, 3.05) is 14.2 Å². The molecule has 0 bridgehead atoms. The molecule has 0 aliphatic rings. The van der Waals surface area contributed by atoms with Crippen molar-refractivity contribution in [3.05, 3.63) is 39.8 Å². The molecule has 1 aromatic heterocycles. The molecule has 8 heteroatoms. The minimum atomic E-state index is -1.93. The molecule has 0 spiro atoms. The molecule has 0 aliphatic carbocycles. The summed E-state index contributed by atoms with van der Waals surface area (Å²) in [6.45, 7) is 1.19. The van der Waals surface area contributed by atoms with E-state index in [2.05, 4.69) is 9.72 Å². The van der Waals surface area contributed by atoms with Gasteiger partial charge in [0, 0.05) is 35.0 Å². The van der Waals surface area contributed by atoms with Crippen LogP contribution in [0.1, 0.15) is 12.5 Å². The maximum atomic E-state index is 13.7. The van der Waals surface area contributed by atoms with Crippen molar-refractivity contribution in [2.24, 2.45) is 0 Å². The van der Waals surface area contributed by atoms with Gasteiger partial charge in [-0.05, 0) is 11.6 Å². The Morgan fingerprint density at radius 3 is 2.68 bits per heavy atom. The Kier molecular flexibility index (Phi) is 4.03. The second-order valence-corrected chi connectivity index (χ2v) is 5.05. The molecule has 0 saturated carbocycles. The van der Waals surface area contributed by atoms with Crippen molar-refractivity contribution in [1.82, 2.24) is 4.98 Å². The summed E-state index contributed by atoms with van der Waals surface area (Å²) in [5.41, 5.74) is -0.965. The first-order valence-electron chi connectivity index (χ1n) is 6.40. The zero-order chi connectivity index (χ0) is 16.5. The first-order valence-corrected chi connectivity index (χ1v) is 6.40. The van der Waals surface area contributed by atoms with Gasteiger partial charge in [0.25, 0.3) is 0 Å². The van der Waals surface area contributed by atoms with E-state index in [1.807, 2.05) is 0 Å². The van der Waals surface area contributed by atoms with E-state index < -0.39 is 22.2 Å². The number of hydrogen-bond donors (Lipinski definition) is 1. The fourth-order valence-corrected chi connectivity index (χ4v) is 2.29. The number of nitro groups is 1. The number of H-pyrrole nitrogens is 1. The third-order valence-corrected chi connectivity index (χ3v) is 3.60. The number of benzene rings is 1. The molecule has 1 aromatic carbocycles. The highest BCUT2D eigenvalue weighted by Crippen LogP contribution is 2.29. The number of hydrogen-bond acceptors (Lipinski definition) is 5. The predicted molar refractivity (Wildman–Crippen MR) is 75.9 cm³/mol. The SMILES string of the molecule is COC(=O)C(C)(Cc1c[nH]c2cc(F)c(OC)cc12)[N+](=O)[O-]. The molecule has 22 heavy (non-hydrogen) atoms. The standard InChI is InChI=1S/C14H15FN2O5/c1-14(17(19)20,13(18)22-3)6-8-7-16-11-5-10(15)12(21-2)4-9(8)11/h4-5,7,16H,6H2,1-3H3. The van der Waals surface area contributed by atoms with Gasteiger partial charge in [-0.25, -0.2) is 9.18 Å². The van der Waals surface area contributed by atoms with Gasteiger partial charge >= 0.3 is 11.5 Å². The number of ether oxygens (including phenoxy) is 2. The van der Waals surface area contributed by atoms with Gasteiger partial charge in [-0.1, -0.05) is 0 Å². The summed E-state index contributed by atoms with van der Waals surface area (Å²) in [6, 6.07) is 2.67. The highest BCUT2D eigenvalue weighted by molar-refractivity contribution is 5.86. The van der Waals surface area contributed by atoms with Crippen LogP contribution >= 0.6 is 0 Å². The molecule has 0 fully saturated rings. The zero-order valence-electron chi connectivity index (χ0n) is 12.3. The van der Waals surface area contributed by atoms with Gasteiger partial charge in [0.15, 0.2) is 11.6 Å². The van der Waals surface area contributed by atoms with Gasteiger partial charge in [-0.15, -0.1) is 0 Å². The maximum Gasteiger partial charge on any atom is 0.384 e. The van der Waals surface area contributed by atoms with E-state index in [9.17, 15) is 19.3 Å². The third-order valence-electron chi connectivity index (χ3n) is 3.60. The number of aromatic amines is 1. The first kappa shape index (κ1) is 15.7. The lowest BCUT2D eigenvalue weighted by molar-refractivity contribution is -0.550. The topological polar surface area (TPSA) is 94.5 Å². The number of rotatable bonds is 5. The summed E-state index contributed by atoms with van der Waals surface area (Å²) in [5.74, 6) is -1.47. The average molecular weight is 310 g/mol. The van der Waals surface area contributed by atoms with E-state index in [4.69, 9.17) is 4.74 Å². The van der Waals surface area contributed by atoms with Crippen molar-refractivity contribution in [2.45, 2.75) is 18.9 Å². The Morgan fingerprint density at radius 2 is 2.14 bits per heavy atom. The largest absolute Gasteiger partial charge is 0.494 e. The number of carbonyl (C=O) groups excluding carboxylic acids is 1. The van der Waals surface area contributed by atoms with E-state index >= 15 is 0 Å². The van der Waals surface area contributed by atoms with E-state index in [0.29, 0.717) is 16.5 Å². The highest BCUT2D eigenvalue weighted by atomic mass is 19.1. The molecule has 1 atom stereocenters. The van der Waals surface area contributed by atoms with Crippen LogP contribution in [-0.4, -0.2) is 35.6 Å². The number of nitrogens with one attached hydrogen (secondary N) is 1. The molecular formula is C14H15FN2O5. The average Bonchev–Trinajstić information content (AvgIpc) is 2.86. The minimum Gasteiger partial charge on any atom is -0.494 e. The van der Waals surface area contributed by atoms with E-state index in [1.54, 1.807) is 0 Å². The second kappa shape index (κ2) is 5.63. The lowest BCUT2D eigenvalue weighted by atomic mass is 9.93. The number of carbonyl (C=O) groups is 1. The van der Waals surface area contributed by atoms with Crippen LogP contribution in [0.15, 0.2) is 18.3 Å². The molecule has 0 radical (unpaired) electrons. The van der Waals surface area contributed by atoms with Gasteiger partial charge in [-0.2, -0.15) is 0 Å². The van der Waals surface area contributed by atoms with E-state index in [0.717, 1.165) is 7.11 Å². The fourth-order valence-electron chi connectivity index (χ4n) is 2.29. The predicted octanol–water partition coefficient (Wildman–Crippen LogP) is 2.07. The van der Waals surface area contributed by atoms with Gasteiger partial charge in [0.05, 0.1) is 20.6 Å². The second-order valence-electron chi connectivity index (χ2n) is 5.05. The molecule has 2 aromatic rings. The lowest BCUT2D eigenvalue weighted by Gasteiger charge is -2.17. The summed E-state index contributed by atoms with van der Waals surface area (Å²) in [7, 11) is 2.42. The number of esters is 1. The van der Waals surface area contributed by atoms with Crippen LogP contribution in [0.4, 0.5) is 4.39 Å². The molecule has 1 N–H and O–H groups in total. The van der Waals surface area contributed by atoms with Crippen LogP contribution in [0.5, 0.6) is 5.75 Å². The molecule has 2 rings (SSSR count). The van der Waals surface area contributed by atoms with Gasteiger partial charge in [0.2, 0.25) is 0 Å². The Morgan fingerprint density at radius 1 is 1.45 bits per heavy atom. The minimum absolute atomic E-state index is 0.0224.